The highest BCUT2D eigenvalue weighted by atomic mass is 35.5. The first-order chi connectivity index (χ1) is 7.68. The maximum atomic E-state index is 11.5. The first kappa shape index (κ1) is 14.2. The Labute approximate surface area is 105 Å². The van der Waals surface area contributed by atoms with Crippen molar-refractivity contribution in [2.45, 2.75) is 0 Å². The zero-order valence-electron chi connectivity index (χ0n) is 8.92. The lowest BCUT2D eigenvalue weighted by atomic mass is 10.5. The number of halogens is 1. The molecular formula is C8H11ClN2O4S2. The smallest absolute Gasteiger partial charge is 0.234 e. The molecule has 9 heteroatoms. The van der Waals surface area contributed by atoms with Crippen molar-refractivity contribution in [3.8, 4) is 0 Å². The normalized spacial score (nSPS) is 12.4. The second kappa shape index (κ2) is 5.19. The Morgan fingerprint density at radius 1 is 1.29 bits per heavy atom. The van der Waals surface area contributed by atoms with Crippen LogP contribution in [-0.4, -0.2) is 39.6 Å². The lowest BCUT2D eigenvalue weighted by molar-refractivity contribution is 0.593. The minimum atomic E-state index is -3.73. The average Bonchev–Trinajstić information content (AvgIpc) is 2.13. The van der Waals surface area contributed by atoms with Gasteiger partial charge in [0.05, 0.1) is 11.5 Å². The van der Waals surface area contributed by atoms with Gasteiger partial charge in [0.1, 0.15) is 15.7 Å². The van der Waals surface area contributed by atoms with Gasteiger partial charge < -0.3 is 0 Å². The first-order valence-corrected chi connectivity index (χ1v) is 8.57. The van der Waals surface area contributed by atoms with Gasteiger partial charge in [0.2, 0.25) is 10.0 Å². The molecule has 0 unspecified atom stereocenters. The number of hydrogen-bond acceptors (Lipinski definition) is 5. The third-order valence-electron chi connectivity index (χ3n) is 1.70. The summed E-state index contributed by atoms with van der Waals surface area (Å²) in [5, 5.41) is 0.334. The van der Waals surface area contributed by atoms with Crippen LogP contribution in [0.15, 0.2) is 18.3 Å². The van der Waals surface area contributed by atoms with Crippen LogP contribution in [0.5, 0.6) is 0 Å². The summed E-state index contributed by atoms with van der Waals surface area (Å²) in [6.07, 6.45) is 2.32. The lowest BCUT2D eigenvalue weighted by Gasteiger charge is -2.06. The van der Waals surface area contributed by atoms with Gasteiger partial charge in [0.25, 0.3) is 0 Å². The summed E-state index contributed by atoms with van der Waals surface area (Å²) in [6, 6.07) is 2.83. The van der Waals surface area contributed by atoms with E-state index in [0.717, 1.165) is 6.26 Å². The van der Waals surface area contributed by atoms with Crippen molar-refractivity contribution in [1.29, 1.82) is 0 Å². The SMILES string of the molecule is CS(=O)(=O)CCS(=O)(=O)Nc1cc(Cl)ccn1. The van der Waals surface area contributed by atoms with Crippen molar-refractivity contribution in [3.05, 3.63) is 23.4 Å². The summed E-state index contributed by atoms with van der Waals surface area (Å²) in [5.41, 5.74) is 0. The number of anilines is 1. The third kappa shape index (κ3) is 5.85. The van der Waals surface area contributed by atoms with Crippen LogP contribution in [0.4, 0.5) is 5.82 Å². The highest BCUT2D eigenvalue weighted by Crippen LogP contribution is 2.13. The standard InChI is InChI=1S/C8H11ClN2O4S2/c1-16(12,13)4-5-17(14,15)11-8-6-7(9)2-3-10-8/h2-3,6H,4-5H2,1H3,(H,10,11). The van der Waals surface area contributed by atoms with E-state index in [1.165, 1.54) is 18.3 Å². The number of pyridine rings is 1. The van der Waals surface area contributed by atoms with Crippen LogP contribution in [0.2, 0.25) is 5.02 Å². The number of sulfonamides is 1. The molecule has 0 fully saturated rings. The number of rotatable bonds is 5. The maximum absolute atomic E-state index is 11.5. The van der Waals surface area contributed by atoms with Crippen molar-refractivity contribution < 1.29 is 16.8 Å². The zero-order valence-corrected chi connectivity index (χ0v) is 11.3. The minimum absolute atomic E-state index is 0.0611. The van der Waals surface area contributed by atoms with Gasteiger partial charge >= 0.3 is 0 Å². The molecule has 17 heavy (non-hydrogen) atoms. The molecule has 0 aliphatic rings. The molecule has 0 bridgehead atoms. The van der Waals surface area contributed by atoms with E-state index >= 15 is 0 Å². The van der Waals surface area contributed by atoms with Crippen LogP contribution >= 0.6 is 11.6 Å². The van der Waals surface area contributed by atoms with E-state index in [1.54, 1.807) is 0 Å². The molecular weight excluding hydrogens is 288 g/mol. The molecule has 1 heterocycles. The van der Waals surface area contributed by atoms with Crippen molar-refractivity contribution in [3.63, 3.8) is 0 Å². The topological polar surface area (TPSA) is 93.2 Å². The molecule has 0 saturated heterocycles. The monoisotopic (exact) mass is 298 g/mol. The van der Waals surface area contributed by atoms with E-state index in [1.807, 2.05) is 0 Å². The summed E-state index contributed by atoms with van der Waals surface area (Å²) in [4.78, 5) is 3.75. The molecule has 0 aromatic carbocycles. The maximum Gasteiger partial charge on any atom is 0.234 e. The van der Waals surface area contributed by atoms with Gasteiger partial charge in [0.15, 0.2) is 0 Å². The van der Waals surface area contributed by atoms with Gasteiger partial charge in [-0.1, -0.05) is 11.6 Å². The van der Waals surface area contributed by atoms with Crippen molar-refractivity contribution in [2.24, 2.45) is 0 Å². The molecule has 1 aromatic rings. The number of sulfone groups is 1. The summed E-state index contributed by atoms with van der Waals surface area (Å²) in [6.45, 7) is 0. The second-order valence-electron chi connectivity index (χ2n) is 3.41. The van der Waals surface area contributed by atoms with Crippen LogP contribution in [0.25, 0.3) is 0 Å². The quantitative estimate of drug-likeness (QED) is 0.855. The predicted molar refractivity (Wildman–Crippen MR) is 66.4 cm³/mol. The summed E-state index contributed by atoms with van der Waals surface area (Å²) < 4.78 is 46.9. The summed E-state index contributed by atoms with van der Waals surface area (Å²) in [5.74, 6) is -0.894. The lowest BCUT2D eigenvalue weighted by Crippen LogP contribution is -2.22. The molecule has 1 rings (SSSR count). The largest absolute Gasteiger partial charge is 0.267 e. The molecule has 1 N–H and O–H groups in total. The highest BCUT2D eigenvalue weighted by Gasteiger charge is 2.15. The van der Waals surface area contributed by atoms with E-state index < -0.39 is 31.4 Å². The van der Waals surface area contributed by atoms with Gasteiger partial charge in [0, 0.05) is 23.5 Å². The zero-order chi connectivity index (χ0) is 13.1. The van der Waals surface area contributed by atoms with E-state index in [2.05, 4.69) is 9.71 Å². The van der Waals surface area contributed by atoms with Crippen molar-refractivity contribution >= 4 is 37.3 Å². The molecule has 0 aliphatic carbocycles. The molecule has 6 nitrogen and oxygen atoms in total. The molecule has 0 radical (unpaired) electrons. The fraction of sp³-hybridized carbons (Fsp3) is 0.375. The third-order valence-corrected chi connectivity index (χ3v) is 4.41. The van der Waals surface area contributed by atoms with Crippen LogP contribution < -0.4 is 4.72 Å². The van der Waals surface area contributed by atoms with E-state index in [4.69, 9.17) is 11.6 Å². The van der Waals surface area contributed by atoms with Gasteiger partial charge in [-0.2, -0.15) is 0 Å². The van der Waals surface area contributed by atoms with Crippen LogP contribution in [0.3, 0.4) is 0 Å². The van der Waals surface area contributed by atoms with Gasteiger partial charge in [-0.05, 0) is 6.07 Å². The fourth-order valence-electron chi connectivity index (χ4n) is 0.932. The highest BCUT2D eigenvalue weighted by molar-refractivity contribution is 7.95. The Morgan fingerprint density at radius 3 is 2.47 bits per heavy atom. The van der Waals surface area contributed by atoms with Crippen molar-refractivity contribution in [1.82, 2.24) is 4.98 Å². The first-order valence-electron chi connectivity index (χ1n) is 4.48. The molecule has 0 aliphatic heterocycles. The molecule has 0 saturated carbocycles. The Bertz CT molecular complexity index is 598. The molecule has 0 atom stereocenters. The van der Waals surface area contributed by atoms with Crippen LogP contribution in [-0.2, 0) is 19.9 Å². The Kier molecular flexibility index (Phi) is 4.34. The van der Waals surface area contributed by atoms with E-state index in [9.17, 15) is 16.8 Å². The summed E-state index contributed by atoms with van der Waals surface area (Å²) in [7, 11) is -7.06. The molecule has 1 aromatic heterocycles. The van der Waals surface area contributed by atoms with E-state index in [0.29, 0.717) is 5.02 Å². The van der Waals surface area contributed by atoms with Crippen LogP contribution in [0, 0.1) is 0 Å². The average molecular weight is 299 g/mol. The number of hydrogen-bond donors (Lipinski definition) is 1. The summed E-state index contributed by atoms with van der Waals surface area (Å²) >= 11 is 5.65. The Hall–Kier alpha value is -0.860. The van der Waals surface area contributed by atoms with Gasteiger partial charge in [-0.25, -0.2) is 21.8 Å². The number of nitrogens with one attached hydrogen (secondary N) is 1. The van der Waals surface area contributed by atoms with Crippen molar-refractivity contribution in [2.75, 3.05) is 22.5 Å². The van der Waals surface area contributed by atoms with Crippen LogP contribution in [0.1, 0.15) is 0 Å². The van der Waals surface area contributed by atoms with Gasteiger partial charge in [-0.15, -0.1) is 0 Å². The van der Waals surface area contributed by atoms with Gasteiger partial charge in [-0.3, -0.25) is 4.72 Å². The van der Waals surface area contributed by atoms with E-state index in [-0.39, 0.29) is 5.82 Å². The molecule has 0 amide bonds. The minimum Gasteiger partial charge on any atom is -0.267 e. The fourth-order valence-corrected chi connectivity index (χ4v) is 3.71. The number of aromatic nitrogens is 1. The molecule has 96 valence electrons. The predicted octanol–water partition coefficient (Wildman–Crippen LogP) is 0.521. The Morgan fingerprint density at radius 2 is 1.94 bits per heavy atom. The molecule has 0 spiro atoms. The Balaban J connectivity index is 2.74. The second-order valence-corrected chi connectivity index (χ2v) is 7.95. The number of nitrogens with zero attached hydrogens (tertiary/aromatic N) is 1.